The molecule has 0 radical (unpaired) electrons. The molecule has 0 aromatic heterocycles. The van der Waals surface area contributed by atoms with E-state index < -0.39 is 6.10 Å². The Kier molecular flexibility index (Phi) is 61.3. The lowest BCUT2D eigenvalue weighted by atomic mass is 10.0. The molecule has 6 nitrogen and oxygen atoms in total. The molecule has 0 rings (SSSR count). The molecule has 1 unspecified atom stereocenters. The number of carbonyl (C=O) groups excluding carboxylic acids is 3. The van der Waals surface area contributed by atoms with Gasteiger partial charge in [0.1, 0.15) is 13.2 Å². The third kappa shape index (κ3) is 62.8. The zero-order valence-corrected chi connectivity index (χ0v) is 50.4. The van der Waals surface area contributed by atoms with Crippen molar-refractivity contribution in [2.45, 2.75) is 309 Å². The van der Waals surface area contributed by atoms with E-state index in [1.807, 2.05) is 0 Å². The second kappa shape index (κ2) is 64.6. The van der Waals surface area contributed by atoms with Gasteiger partial charge >= 0.3 is 17.9 Å². The van der Waals surface area contributed by atoms with E-state index in [0.717, 1.165) is 122 Å². The zero-order valence-electron chi connectivity index (χ0n) is 50.4. The molecule has 0 aromatic carbocycles. The van der Waals surface area contributed by atoms with Gasteiger partial charge in [0.05, 0.1) is 0 Å². The normalized spacial score (nSPS) is 12.8. The molecule has 0 heterocycles. The van der Waals surface area contributed by atoms with Crippen LogP contribution in [0.1, 0.15) is 303 Å². The van der Waals surface area contributed by atoms with Crippen molar-refractivity contribution in [3.8, 4) is 0 Å². The highest BCUT2D eigenvalue weighted by atomic mass is 16.6. The SMILES string of the molecule is CC/C=C\C/C=C\C/C=C\C/C=C\C/C=C\C/C=C\CCCCCCCCCCCCCCC(=O)OCC(COC(=O)CCCCCCCCC)OC(=O)CCCCCCCC/C=C\C/C=C\C/C=C\CCCCCCC. The van der Waals surface area contributed by atoms with Crippen LogP contribution in [0.5, 0.6) is 0 Å². The Labute approximate surface area is 476 Å². The van der Waals surface area contributed by atoms with E-state index in [1.54, 1.807) is 0 Å². The van der Waals surface area contributed by atoms with E-state index in [0.29, 0.717) is 19.3 Å². The van der Waals surface area contributed by atoms with E-state index in [4.69, 9.17) is 14.2 Å². The van der Waals surface area contributed by atoms with E-state index in [2.05, 4.69) is 130 Å². The summed E-state index contributed by atoms with van der Waals surface area (Å²) in [6.45, 7) is 6.48. The van der Waals surface area contributed by atoms with Gasteiger partial charge in [0.2, 0.25) is 0 Å². The third-order valence-corrected chi connectivity index (χ3v) is 13.8. The first-order chi connectivity index (χ1) is 38.0. The van der Waals surface area contributed by atoms with Crippen LogP contribution in [0.25, 0.3) is 0 Å². The van der Waals surface area contributed by atoms with Crippen molar-refractivity contribution < 1.29 is 28.6 Å². The Morgan fingerprint density at radius 3 is 0.792 bits per heavy atom. The zero-order chi connectivity index (χ0) is 55.7. The summed E-state index contributed by atoms with van der Waals surface area (Å²) in [5.41, 5.74) is 0. The van der Waals surface area contributed by atoms with Gasteiger partial charge in [-0.1, -0.05) is 284 Å². The maximum absolute atomic E-state index is 12.9. The lowest BCUT2D eigenvalue weighted by Crippen LogP contribution is -2.30. The van der Waals surface area contributed by atoms with Gasteiger partial charge in [0, 0.05) is 19.3 Å². The Bertz CT molecular complexity index is 1560. The van der Waals surface area contributed by atoms with Crippen LogP contribution in [0, 0.1) is 0 Å². The Balaban J connectivity index is 4.14. The maximum Gasteiger partial charge on any atom is 0.306 e. The van der Waals surface area contributed by atoms with Crippen LogP contribution in [0.15, 0.2) is 109 Å². The first kappa shape index (κ1) is 73.1. The number of carbonyl (C=O) groups is 3. The molecular weight excluding hydrogens is 949 g/mol. The average Bonchev–Trinajstić information content (AvgIpc) is 3.43. The largest absolute Gasteiger partial charge is 0.462 e. The van der Waals surface area contributed by atoms with E-state index in [9.17, 15) is 14.4 Å². The van der Waals surface area contributed by atoms with Crippen LogP contribution in [0.4, 0.5) is 0 Å². The predicted molar refractivity (Wildman–Crippen MR) is 334 cm³/mol. The van der Waals surface area contributed by atoms with E-state index in [1.165, 1.54) is 141 Å². The van der Waals surface area contributed by atoms with Crippen molar-refractivity contribution in [2.24, 2.45) is 0 Å². The number of allylic oxidation sites excluding steroid dienone is 18. The summed E-state index contributed by atoms with van der Waals surface area (Å²) < 4.78 is 16.8. The van der Waals surface area contributed by atoms with Crippen molar-refractivity contribution in [2.75, 3.05) is 13.2 Å². The molecule has 440 valence electrons. The molecule has 6 heteroatoms. The van der Waals surface area contributed by atoms with E-state index in [-0.39, 0.29) is 31.1 Å². The Hall–Kier alpha value is -3.93. The summed E-state index contributed by atoms with van der Waals surface area (Å²) in [4.78, 5) is 38.1. The van der Waals surface area contributed by atoms with Gasteiger partial charge in [-0.3, -0.25) is 14.4 Å². The predicted octanol–water partition coefficient (Wildman–Crippen LogP) is 22.2. The lowest BCUT2D eigenvalue weighted by molar-refractivity contribution is -0.167. The van der Waals surface area contributed by atoms with Gasteiger partial charge in [-0.15, -0.1) is 0 Å². The number of unbranched alkanes of at least 4 members (excludes halogenated alkanes) is 29. The van der Waals surface area contributed by atoms with Gasteiger partial charge in [-0.25, -0.2) is 0 Å². The molecule has 0 aromatic rings. The summed E-state index contributed by atoms with van der Waals surface area (Å²) in [5.74, 6) is -0.898. The van der Waals surface area contributed by atoms with Crippen molar-refractivity contribution in [1.29, 1.82) is 0 Å². The molecule has 0 spiro atoms. The molecule has 0 saturated heterocycles. The van der Waals surface area contributed by atoms with Crippen molar-refractivity contribution >= 4 is 17.9 Å². The standard InChI is InChI=1S/C71H120O6/c1-4-7-10-13-16-18-20-22-24-26-28-30-31-32-33-34-35-36-37-38-39-41-42-44-46-48-50-52-55-58-61-64-70(73)76-67-68(66-75-69(72)63-60-57-54-15-12-9-6-3)77-71(74)65-62-59-56-53-51-49-47-45-43-40-29-27-25-23-21-19-17-14-11-8-5-2/h7,10,16,18,21-24,27-30,32-33,35-36,43,45,68H,4-6,8-9,11-15,17,19-20,25-26,31,34,37-42,44,46-67H2,1-3H3/b10-7-,18-16-,23-21-,24-22-,29-27-,30-28-,33-32-,36-35-,45-43-. The quantitative estimate of drug-likeness (QED) is 0.0261. The molecule has 0 fully saturated rings. The minimum Gasteiger partial charge on any atom is -0.462 e. The minimum atomic E-state index is -0.784. The second-order valence-electron chi connectivity index (χ2n) is 21.3. The Morgan fingerprint density at radius 2 is 0.506 bits per heavy atom. The summed E-state index contributed by atoms with van der Waals surface area (Å²) in [5, 5.41) is 0. The van der Waals surface area contributed by atoms with Crippen molar-refractivity contribution in [3.05, 3.63) is 109 Å². The lowest BCUT2D eigenvalue weighted by Gasteiger charge is -2.18. The van der Waals surface area contributed by atoms with Crippen LogP contribution >= 0.6 is 0 Å². The minimum absolute atomic E-state index is 0.0825. The number of hydrogen-bond donors (Lipinski definition) is 0. The summed E-state index contributed by atoms with van der Waals surface area (Å²) in [7, 11) is 0. The first-order valence-corrected chi connectivity index (χ1v) is 32.4. The fourth-order valence-electron chi connectivity index (χ4n) is 8.92. The third-order valence-electron chi connectivity index (χ3n) is 13.8. The average molecular weight is 1070 g/mol. The highest BCUT2D eigenvalue weighted by molar-refractivity contribution is 5.71. The number of ether oxygens (including phenoxy) is 3. The molecule has 0 bridgehead atoms. The second-order valence-corrected chi connectivity index (χ2v) is 21.3. The van der Waals surface area contributed by atoms with E-state index >= 15 is 0 Å². The fraction of sp³-hybridized carbons (Fsp3) is 0.704. The highest BCUT2D eigenvalue weighted by Gasteiger charge is 2.19. The molecule has 0 aliphatic carbocycles. The fourth-order valence-corrected chi connectivity index (χ4v) is 8.92. The van der Waals surface area contributed by atoms with Gasteiger partial charge in [0.25, 0.3) is 0 Å². The van der Waals surface area contributed by atoms with Gasteiger partial charge in [0.15, 0.2) is 6.10 Å². The van der Waals surface area contributed by atoms with Crippen molar-refractivity contribution in [3.63, 3.8) is 0 Å². The van der Waals surface area contributed by atoms with Gasteiger partial charge < -0.3 is 14.2 Å². The Morgan fingerprint density at radius 1 is 0.273 bits per heavy atom. The molecule has 77 heavy (non-hydrogen) atoms. The summed E-state index contributed by atoms with van der Waals surface area (Å²) in [6, 6.07) is 0. The monoisotopic (exact) mass is 1070 g/mol. The molecule has 0 amide bonds. The van der Waals surface area contributed by atoms with Crippen LogP contribution in [-0.4, -0.2) is 37.2 Å². The van der Waals surface area contributed by atoms with Gasteiger partial charge in [-0.05, 0) is 109 Å². The molecule has 0 aliphatic rings. The molecule has 0 saturated carbocycles. The highest BCUT2D eigenvalue weighted by Crippen LogP contribution is 2.16. The topological polar surface area (TPSA) is 78.9 Å². The van der Waals surface area contributed by atoms with Crippen LogP contribution in [0.3, 0.4) is 0 Å². The molecule has 1 atom stereocenters. The summed E-state index contributed by atoms with van der Waals surface area (Å²) in [6.07, 6.45) is 88.3. The number of rotatable bonds is 58. The first-order valence-electron chi connectivity index (χ1n) is 32.4. The van der Waals surface area contributed by atoms with Crippen LogP contribution in [0.2, 0.25) is 0 Å². The number of esters is 3. The maximum atomic E-state index is 12.9. The molecule has 0 N–H and O–H groups in total. The smallest absolute Gasteiger partial charge is 0.306 e. The van der Waals surface area contributed by atoms with Gasteiger partial charge in [-0.2, -0.15) is 0 Å². The van der Waals surface area contributed by atoms with Crippen molar-refractivity contribution in [1.82, 2.24) is 0 Å². The number of hydrogen-bond acceptors (Lipinski definition) is 6. The summed E-state index contributed by atoms with van der Waals surface area (Å²) >= 11 is 0. The molecular formula is C71H120O6. The van der Waals surface area contributed by atoms with Crippen LogP contribution < -0.4 is 0 Å². The van der Waals surface area contributed by atoms with Crippen LogP contribution in [-0.2, 0) is 28.6 Å². The molecule has 0 aliphatic heterocycles.